The summed E-state index contributed by atoms with van der Waals surface area (Å²) < 4.78 is 31.1. The van der Waals surface area contributed by atoms with Gasteiger partial charge in [-0.25, -0.2) is 9.37 Å². The highest BCUT2D eigenvalue weighted by molar-refractivity contribution is 6.10. The molecule has 1 amide bonds. The Morgan fingerprint density at radius 3 is 2.54 bits per heavy atom. The van der Waals surface area contributed by atoms with Crippen molar-refractivity contribution in [1.29, 1.82) is 0 Å². The fourth-order valence-electron chi connectivity index (χ4n) is 5.88. The molecular weight excluding hydrogens is 529 g/mol. The first kappa shape index (κ1) is 26.8. The zero-order valence-electron chi connectivity index (χ0n) is 23.3. The van der Waals surface area contributed by atoms with Crippen LogP contribution >= 0.6 is 0 Å². The lowest BCUT2D eigenvalue weighted by Gasteiger charge is -2.46. The lowest BCUT2D eigenvalue weighted by molar-refractivity contribution is -0.119. The lowest BCUT2D eigenvalue weighted by atomic mass is 9.90. The molecule has 4 aromatic rings. The zero-order valence-corrected chi connectivity index (χ0v) is 23.3. The molecule has 0 saturated heterocycles. The van der Waals surface area contributed by atoms with Crippen LogP contribution in [-0.2, 0) is 9.53 Å². The highest BCUT2D eigenvalue weighted by Gasteiger charge is 2.42. The van der Waals surface area contributed by atoms with Gasteiger partial charge in [0, 0.05) is 30.3 Å². The first-order valence-corrected chi connectivity index (χ1v) is 13.6. The van der Waals surface area contributed by atoms with Gasteiger partial charge in [0.2, 0.25) is 5.95 Å². The summed E-state index contributed by atoms with van der Waals surface area (Å²) in [6, 6.07) is 8.08. The zero-order chi connectivity index (χ0) is 28.7. The van der Waals surface area contributed by atoms with Gasteiger partial charge in [0.1, 0.15) is 17.2 Å². The van der Waals surface area contributed by atoms with E-state index in [9.17, 15) is 9.18 Å². The van der Waals surface area contributed by atoms with Crippen molar-refractivity contribution in [3.05, 3.63) is 48.5 Å². The summed E-state index contributed by atoms with van der Waals surface area (Å²) in [5.41, 5.74) is 1.98. The molecule has 0 spiro atoms. The Balaban J connectivity index is 1.43. The van der Waals surface area contributed by atoms with Gasteiger partial charge in [0.05, 0.1) is 38.4 Å². The Morgan fingerprint density at radius 2 is 1.80 bits per heavy atom. The number of aromatic amines is 1. The van der Waals surface area contributed by atoms with Crippen LogP contribution in [0.2, 0.25) is 0 Å². The monoisotopic (exact) mass is 561 g/mol. The number of carbonyl (C=O) groups is 1. The third-order valence-corrected chi connectivity index (χ3v) is 7.98. The molecule has 1 aliphatic heterocycles. The van der Waals surface area contributed by atoms with Crippen LogP contribution in [0.1, 0.15) is 32.6 Å². The van der Waals surface area contributed by atoms with Crippen molar-refractivity contribution in [2.45, 2.75) is 50.8 Å². The van der Waals surface area contributed by atoms with Gasteiger partial charge in [-0.3, -0.25) is 14.8 Å². The van der Waals surface area contributed by atoms with E-state index in [0.717, 1.165) is 25.7 Å². The summed E-state index contributed by atoms with van der Waals surface area (Å²) in [6.07, 6.45) is 6.92. The lowest BCUT2D eigenvalue weighted by Crippen LogP contribution is -2.55. The Labute approximate surface area is 236 Å². The van der Waals surface area contributed by atoms with Crippen LogP contribution in [0.5, 0.6) is 11.5 Å². The van der Waals surface area contributed by atoms with Crippen molar-refractivity contribution in [2.75, 3.05) is 36.4 Å². The average molecular weight is 562 g/mol. The van der Waals surface area contributed by atoms with Crippen LogP contribution in [0.4, 0.5) is 33.2 Å². The largest absolute Gasteiger partial charge is 0.493 e. The second-order valence-electron chi connectivity index (χ2n) is 10.3. The number of anilines is 5. The molecule has 11 nitrogen and oxygen atoms in total. The Morgan fingerprint density at radius 1 is 1.02 bits per heavy atom. The molecule has 0 unspecified atom stereocenters. The van der Waals surface area contributed by atoms with E-state index in [-0.39, 0.29) is 24.0 Å². The van der Waals surface area contributed by atoms with E-state index in [2.05, 4.69) is 25.4 Å². The van der Waals surface area contributed by atoms with Crippen molar-refractivity contribution in [3.63, 3.8) is 0 Å². The number of fused-ring (bicyclic) bond motifs is 2. The van der Waals surface area contributed by atoms with E-state index in [1.54, 1.807) is 56.8 Å². The van der Waals surface area contributed by atoms with Gasteiger partial charge in [0.15, 0.2) is 23.1 Å². The Kier molecular flexibility index (Phi) is 7.08. The average Bonchev–Trinajstić information content (AvgIpc) is 3.47. The molecule has 1 atom stereocenters. The fraction of sp³-hybridized carbons (Fsp3) is 0.379. The first-order chi connectivity index (χ1) is 19.9. The molecule has 2 aliphatic rings. The second-order valence-corrected chi connectivity index (χ2v) is 10.3. The summed E-state index contributed by atoms with van der Waals surface area (Å²) >= 11 is 0. The third-order valence-electron chi connectivity index (χ3n) is 7.98. The molecule has 1 aliphatic carbocycles. The molecule has 41 heavy (non-hydrogen) atoms. The standard InChI is InChI=1S/C29H32FN7O4/c1-16-28(38)37(20-7-10-24(40-3)25(13-20)41-4)23-15-31-29(33-18-11-17-14-32-35-26(17)22(30)12-18)34-27(23)36(16)19-5-8-21(39-2)9-6-19/h7,10-16,19,21H,5-6,8-9H2,1-4H3,(H,32,35)(H,31,33,34)/t16-,19?,21?/m1/s1. The minimum Gasteiger partial charge on any atom is -0.493 e. The van der Waals surface area contributed by atoms with E-state index in [1.807, 2.05) is 13.0 Å². The second kappa shape index (κ2) is 10.8. The van der Waals surface area contributed by atoms with Crippen molar-refractivity contribution < 1.29 is 23.4 Å². The predicted molar refractivity (Wildman–Crippen MR) is 153 cm³/mol. The quantitative estimate of drug-likeness (QED) is 0.318. The van der Waals surface area contributed by atoms with Crippen molar-refractivity contribution in [3.8, 4) is 11.5 Å². The minimum atomic E-state index is -0.498. The molecule has 2 aromatic heterocycles. The topological polar surface area (TPSA) is 118 Å². The molecule has 1 saturated carbocycles. The Hall–Kier alpha value is -4.45. The number of methoxy groups -OCH3 is 3. The maximum absolute atomic E-state index is 14.6. The number of nitrogens with one attached hydrogen (secondary N) is 2. The van der Waals surface area contributed by atoms with Crippen LogP contribution in [0.3, 0.4) is 0 Å². The van der Waals surface area contributed by atoms with Crippen LogP contribution < -0.4 is 24.6 Å². The van der Waals surface area contributed by atoms with Gasteiger partial charge < -0.3 is 24.4 Å². The number of amides is 1. The van der Waals surface area contributed by atoms with Crippen LogP contribution in [0.25, 0.3) is 10.9 Å². The van der Waals surface area contributed by atoms with Crippen molar-refractivity contribution >= 4 is 45.6 Å². The molecule has 0 radical (unpaired) electrons. The first-order valence-electron chi connectivity index (χ1n) is 13.6. The van der Waals surface area contributed by atoms with E-state index in [1.165, 1.54) is 6.07 Å². The predicted octanol–water partition coefficient (Wildman–Crippen LogP) is 5.08. The van der Waals surface area contributed by atoms with E-state index in [4.69, 9.17) is 19.2 Å². The summed E-state index contributed by atoms with van der Waals surface area (Å²) in [5, 5.41) is 10.3. The van der Waals surface area contributed by atoms with Crippen molar-refractivity contribution in [1.82, 2.24) is 20.2 Å². The van der Waals surface area contributed by atoms with Gasteiger partial charge in [-0.2, -0.15) is 10.1 Å². The smallest absolute Gasteiger partial charge is 0.254 e. The molecule has 0 bridgehead atoms. The molecule has 1 fully saturated rings. The van der Waals surface area contributed by atoms with E-state index >= 15 is 0 Å². The third kappa shape index (κ3) is 4.77. The normalized spacial score (nSPS) is 20.7. The number of nitrogens with zero attached hydrogens (tertiary/aromatic N) is 5. The van der Waals surface area contributed by atoms with Crippen LogP contribution in [0.15, 0.2) is 42.7 Å². The fourth-order valence-corrected chi connectivity index (χ4v) is 5.88. The molecule has 214 valence electrons. The summed E-state index contributed by atoms with van der Waals surface area (Å²) in [5.74, 6) is 1.43. The molecule has 2 aromatic carbocycles. The number of rotatable bonds is 7. The number of aromatic nitrogens is 4. The summed E-state index contributed by atoms with van der Waals surface area (Å²) in [6.45, 7) is 1.90. The van der Waals surface area contributed by atoms with Crippen molar-refractivity contribution in [2.24, 2.45) is 0 Å². The maximum Gasteiger partial charge on any atom is 0.254 e. The van der Waals surface area contributed by atoms with Gasteiger partial charge in [-0.05, 0) is 56.9 Å². The SMILES string of the molecule is COc1ccc(N2C(=O)[C@@H](C)N(C3CCC(OC)CC3)c3nc(Nc4cc(F)c5[nH]ncc5c4)ncc32)cc1OC. The highest BCUT2D eigenvalue weighted by atomic mass is 19.1. The summed E-state index contributed by atoms with van der Waals surface area (Å²) in [4.78, 5) is 27.2. The number of carbonyl (C=O) groups excluding carboxylic acids is 1. The minimum absolute atomic E-state index is 0.0918. The molecule has 6 rings (SSSR count). The molecule has 2 N–H and O–H groups in total. The van der Waals surface area contributed by atoms with Gasteiger partial charge >= 0.3 is 0 Å². The van der Waals surface area contributed by atoms with Crippen LogP contribution in [-0.4, -0.2) is 65.6 Å². The molecular formula is C29H32FN7O4. The molecule has 12 heteroatoms. The van der Waals surface area contributed by atoms with E-state index in [0.29, 0.717) is 45.3 Å². The number of H-pyrrole nitrogens is 1. The highest BCUT2D eigenvalue weighted by Crippen LogP contribution is 2.44. The van der Waals surface area contributed by atoms with Gasteiger partial charge in [0.25, 0.3) is 5.91 Å². The molecule has 3 heterocycles. The maximum atomic E-state index is 14.6. The number of benzene rings is 2. The number of hydrogen-bond acceptors (Lipinski definition) is 9. The number of hydrogen-bond donors (Lipinski definition) is 2. The van der Waals surface area contributed by atoms with E-state index < -0.39 is 11.9 Å². The Bertz CT molecular complexity index is 1590. The van der Waals surface area contributed by atoms with Crippen LogP contribution in [0, 0.1) is 5.82 Å². The number of ether oxygens (including phenoxy) is 3. The van der Waals surface area contributed by atoms with Gasteiger partial charge in [-0.15, -0.1) is 0 Å². The summed E-state index contributed by atoms with van der Waals surface area (Å²) in [7, 11) is 4.86. The number of halogens is 1. The van der Waals surface area contributed by atoms with Gasteiger partial charge in [-0.1, -0.05) is 0 Å².